The van der Waals surface area contributed by atoms with Gasteiger partial charge in [0, 0.05) is 13.1 Å². The first-order chi connectivity index (χ1) is 9.77. The SMILES string of the molecule is CC(C)Cn1c(N)c(N(CCO)CC(F)F)c(=O)[nH]c1=O. The number of halogens is 2. The molecule has 1 heterocycles. The van der Waals surface area contributed by atoms with E-state index in [0.29, 0.717) is 0 Å². The van der Waals surface area contributed by atoms with Crippen molar-refractivity contribution >= 4 is 11.5 Å². The second kappa shape index (κ2) is 7.21. The average molecular weight is 306 g/mol. The van der Waals surface area contributed by atoms with Gasteiger partial charge in [-0.15, -0.1) is 0 Å². The number of aromatic amines is 1. The van der Waals surface area contributed by atoms with Crippen molar-refractivity contribution in [3.05, 3.63) is 20.8 Å². The summed E-state index contributed by atoms with van der Waals surface area (Å²) in [6, 6.07) is 0. The molecule has 1 rings (SSSR count). The Labute approximate surface area is 120 Å². The van der Waals surface area contributed by atoms with E-state index in [1.807, 2.05) is 13.8 Å². The zero-order chi connectivity index (χ0) is 16.2. The number of hydrogen-bond acceptors (Lipinski definition) is 5. The lowest BCUT2D eigenvalue weighted by Gasteiger charge is -2.25. The smallest absolute Gasteiger partial charge is 0.330 e. The van der Waals surface area contributed by atoms with Gasteiger partial charge in [0.1, 0.15) is 11.5 Å². The first-order valence-electron chi connectivity index (χ1n) is 6.54. The summed E-state index contributed by atoms with van der Waals surface area (Å²) < 4.78 is 26.3. The molecule has 0 aliphatic carbocycles. The molecule has 1 aromatic heterocycles. The number of nitrogens with one attached hydrogen (secondary N) is 1. The topological polar surface area (TPSA) is 104 Å². The van der Waals surface area contributed by atoms with Crippen LogP contribution in [-0.2, 0) is 6.54 Å². The first kappa shape index (κ1) is 17.2. The second-order valence-corrected chi connectivity index (χ2v) is 5.06. The monoisotopic (exact) mass is 306 g/mol. The quantitative estimate of drug-likeness (QED) is 0.649. The maximum Gasteiger partial charge on any atom is 0.330 e. The van der Waals surface area contributed by atoms with Gasteiger partial charge in [-0.2, -0.15) is 0 Å². The second-order valence-electron chi connectivity index (χ2n) is 5.06. The summed E-state index contributed by atoms with van der Waals surface area (Å²) in [4.78, 5) is 26.7. The molecule has 0 aromatic carbocycles. The summed E-state index contributed by atoms with van der Waals surface area (Å²) in [5.74, 6) is -0.100. The zero-order valence-electron chi connectivity index (χ0n) is 12.0. The van der Waals surface area contributed by atoms with Gasteiger partial charge in [0.15, 0.2) is 0 Å². The molecule has 4 N–H and O–H groups in total. The number of aliphatic hydroxyl groups excluding tert-OH is 1. The summed E-state index contributed by atoms with van der Waals surface area (Å²) in [5, 5.41) is 8.95. The third kappa shape index (κ3) is 4.28. The molecule has 0 bridgehead atoms. The molecular weight excluding hydrogens is 286 g/mol. The number of hydrogen-bond donors (Lipinski definition) is 3. The molecule has 120 valence electrons. The third-order valence-electron chi connectivity index (χ3n) is 2.81. The Hall–Kier alpha value is -1.90. The van der Waals surface area contributed by atoms with E-state index in [0.717, 1.165) is 9.47 Å². The highest BCUT2D eigenvalue weighted by atomic mass is 19.3. The van der Waals surface area contributed by atoms with E-state index in [-0.39, 0.29) is 30.5 Å². The van der Waals surface area contributed by atoms with E-state index in [1.54, 1.807) is 0 Å². The predicted molar refractivity (Wildman–Crippen MR) is 75.9 cm³/mol. The van der Waals surface area contributed by atoms with Crippen LogP contribution < -0.4 is 21.9 Å². The molecule has 0 radical (unpaired) electrons. The van der Waals surface area contributed by atoms with Gasteiger partial charge in [-0.05, 0) is 5.92 Å². The van der Waals surface area contributed by atoms with Crippen LogP contribution in [-0.4, -0.2) is 40.8 Å². The number of H-pyrrole nitrogens is 1. The van der Waals surface area contributed by atoms with Crippen molar-refractivity contribution in [2.24, 2.45) is 5.92 Å². The third-order valence-corrected chi connectivity index (χ3v) is 2.81. The lowest BCUT2D eigenvalue weighted by atomic mass is 10.2. The maximum atomic E-state index is 12.6. The lowest BCUT2D eigenvalue weighted by molar-refractivity contribution is 0.152. The molecule has 0 saturated heterocycles. The van der Waals surface area contributed by atoms with Gasteiger partial charge in [-0.1, -0.05) is 13.8 Å². The van der Waals surface area contributed by atoms with E-state index in [1.165, 1.54) is 0 Å². The molecule has 7 nitrogen and oxygen atoms in total. The number of nitrogens with zero attached hydrogens (tertiary/aromatic N) is 2. The summed E-state index contributed by atoms with van der Waals surface area (Å²) in [7, 11) is 0. The van der Waals surface area contributed by atoms with E-state index >= 15 is 0 Å². The molecule has 0 aliphatic heterocycles. The highest BCUT2D eigenvalue weighted by molar-refractivity contribution is 5.62. The van der Waals surface area contributed by atoms with Crippen molar-refractivity contribution in [3.63, 3.8) is 0 Å². The van der Waals surface area contributed by atoms with E-state index in [2.05, 4.69) is 4.98 Å². The van der Waals surface area contributed by atoms with Gasteiger partial charge in [0.2, 0.25) is 0 Å². The molecule has 0 saturated carbocycles. The van der Waals surface area contributed by atoms with Crippen molar-refractivity contribution in [1.29, 1.82) is 0 Å². The molecule has 0 atom stereocenters. The van der Waals surface area contributed by atoms with Gasteiger partial charge in [-0.25, -0.2) is 13.6 Å². The minimum atomic E-state index is -2.71. The molecule has 0 aliphatic rings. The highest BCUT2D eigenvalue weighted by Crippen LogP contribution is 2.18. The van der Waals surface area contributed by atoms with Crippen LogP contribution in [0.4, 0.5) is 20.3 Å². The number of aliphatic hydroxyl groups is 1. The number of nitrogens with two attached hydrogens (primary N) is 1. The Morgan fingerprint density at radius 3 is 2.48 bits per heavy atom. The van der Waals surface area contributed by atoms with Crippen LogP contribution in [0.25, 0.3) is 0 Å². The fourth-order valence-corrected chi connectivity index (χ4v) is 2.01. The Balaban J connectivity index is 3.38. The Morgan fingerprint density at radius 1 is 1.38 bits per heavy atom. The lowest BCUT2D eigenvalue weighted by Crippen LogP contribution is -2.41. The van der Waals surface area contributed by atoms with Crippen molar-refractivity contribution < 1.29 is 13.9 Å². The van der Waals surface area contributed by atoms with Crippen LogP contribution >= 0.6 is 0 Å². The van der Waals surface area contributed by atoms with Crippen molar-refractivity contribution in [1.82, 2.24) is 9.55 Å². The van der Waals surface area contributed by atoms with Crippen molar-refractivity contribution in [2.45, 2.75) is 26.8 Å². The Morgan fingerprint density at radius 2 is 2.00 bits per heavy atom. The van der Waals surface area contributed by atoms with Gasteiger partial charge >= 0.3 is 5.69 Å². The summed E-state index contributed by atoms with van der Waals surface area (Å²) in [6.45, 7) is 2.58. The van der Waals surface area contributed by atoms with E-state index in [4.69, 9.17) is 10.8 Å². The molecule has 21 heavy (non-hydrogen) atoms. The summed E-state index contributed by atoms with van der Waals surface area (Å²) in [5.41, 5.74) is 4.07. The molecular formula is C12H20F2N4O3. The number of aromatic nitrogens is 2. The van der Waals surface area contributed by atoms with Crippen LogP contribution in [0, 0.1) is 5.92 Å². The van der Waals surface area contributed by atoms with E-state index < -0.39 is 30.8 Å². The normalized spacial score (nSPS) is 11.4. The highest BCUT2D eigenvalue weighted by Gasteiger charge is 2.21. The molecule has 0 unspecified atom stereocenters. The Bertz CT molecular complexity index is 583. The molecule has 1 aromatic rings. The van der Waals surface area contributed by atoms with Crippen LogP contribution in [0.2, 0.25) is 0 Å². The first-order valence-corrected chi connectivity index (χ1v) is 6.54. The van der Waals surface area contributed by atoms with Gasteiger partial charge in [0.25, 0.3) is 12.0 Å². The standard InChI is InChI=1S/C12H20F2N4O3/c1-7(2)5-18-10(15)9(11(20)16-12(18)21)17(3-4-19)6-8(13)14/h7-8,19H,3-6,15H2,1-2H3,(H,16,20,21). The van der Waals surface area contributed by atoms with Crippen LogP contribution in [0.1, 0.15) is 13.8 Å². The number of alkyl halides is 2. The van der Waals surface area contributed by atoms with Gasteiger partial charge < -0.3 is 15.7 Å². The number of anilines is 2. The summed E-state index contributed by atoms with van der Waals surface area (Å²) >= 11 is 0. The van der Waals surface area contributed by atoms with Gasteiger partial charge in [0.05, 0.1) is 13.2 Å². The predicted octanol–water partition coefficient (Wildman–Crippen LogP) is -0.161. The summed E-state index contributed by atoms with van der Waals surface area (Å²) in [6.07, 6.45) is -2.71. The van der Waals surface area contributed by atoms with Gasteiger partial charge in [-0.3, -0.25) is 14.3 Å². The fraction of sp³-hybridized carbons (Fsp3) is 0.667. The minimum Gasteiger partial charge on any atom is -0.395 e. The van der Waals surface area contributed by atoms with Crippen LogP contribution in [0.3, 0.4) is 0 Å². The molecule has 0 spiro atoms. The number of rotatable bonds is 7. The zero-order valence-corrected chi connectivity index (χ0v) is 12.0. The van der Waals surface area contributed by atoms with Crippen molar-refractivity contribution in [3.8, 4) is 0 Å². The number of nitrogen functional groups attached to an aromatic ring is 1. The largest absolute Gasteiger partial charge is 0.395 e. The van der Waals surface area contributed by atoms with Crippen LogP contribution in [0.15, 0.2) is 9.59 Å². The minimum absolute atomic E-state index is 0.0742. The van der Waals surface area contributed by atoms with Crippen LogP contribution in [0.5, 0.6) is 0 Å². The van der Waals surface area contributed by atoms with E-state index in [9.17, 15) is 18.4 Å². The fourth-order valence-electron chi connectivity index (χ4n) is 2.01. The molecule has 0 amide bonds. The Kier molecular flexibility index (Phi) is 5.89. The average Bonchev–Trinajstić information content (AvgIpc) is 2.33. The molecule has 0 fully saturated rings. The molecule has 9 heteroatoms. The maximum absolute atomic E-state index is 12.6. The van der Waals surface area contributed by atoms with Crippen molar-refractivity contribution in [2.75, 3.05) is 30.3 Å².